The molecule has 0 radical (unpaired) electrons. The zero-order valence-corrected chi connectivity index (χ0v) is 30.9. The molecule has 12 nitrogen and oxygen atoms in total. The van der Waals surface area contributed by atoms with Crippen molar-refractivity contribution in [2.24, 2.45) is 0 Å². The predicted octanol–water partition coefficient (Wildman–Crippen LogP) is 5.40. The minimum absolute atomic E-state index is 0.0315. The van der Waals surface area contributed by atoms with Gasteiger partial charge >= 0.3 is 0 Å². The van der Waals surface area contributed by atoms with Gasteiger partial charge in [-0.1, -0.05) is 55.1 Å². The number of aromatic nitrogens is 2. The number of hydrogen-bond acceptors (Lipinski definition) is 12. The van der Waals surface area contributed by atoms with Gasteiger partial charge in [-0.2, -0.15) is 0 Å². The third-order valence-electron chi connectivity index (χ3n) is 9.05. The van der Waals surface area contributed by atoms with E-state index >= 15 is 0 Å². The first-order valence-electron chi connectivity index (χ1n) is 17.3. The van der Waals surface area contributed by atoms with Crippen molar-refractivity contribution in [1.82, 2.24) is 20.2 Å². The fourth-order valence-electron chi connectivity index (χ4n) is 5.86. The van der Waals surface area contributed by atoms with Crippen molar-refractivity contribution in [2.45, 2.75) is 61.7 Å². The van der Waals surface area contributed by atoms with Crippen LogP contribution in [0.25, 0.3) is 0 Å². The second-order valence-electron chi connectivity index (χ2n) is 13.0. The third kappa shape index (κ3) is 9.62. The fraction of sp³-hybridized carbons (Fsp3) is 0.333. The van der Waals surface area contributed by atoms with E-state index in [1.807, 2.05) is 37.3 Å². The smallest absolute Gasteiger partial charge is 0.289 e. The molecule has 2 saturated heterocycles. The van der Waals surface area contributed by atoms with E-state index in [1.165, 1.54) is 4.90 Å². The fourth-order valence-corrected chi connectivity index (χ4v) is 7.85. The largest absolute Gasteiger partial charge is 0.490 e. The molecule has 276 valence electrons. The minimum atomic E-state index is -0.987. The number of rotatable bonds is 16. The summed E-state index contributed by atoms with van der Waals surface area (Å²) >= 11 is 2.01. The zero-order valence-electron chi connectivity index (χ0n) is 29.3. The average Bonchev–Trinajstić information content (AvgIpc) is 3.58. The van der Waals surface area contributed by atoms with Crippen LogP contribution in [0.15, 0.2) is 85.2 Å². The van der Waals surface area contributed by atoms with Crippen LogP contribution in [0, 0.1) is 0 Å². The molecular weight excluding hydrogens is 717 g/mol. The van der Waals surface area contributed by atoms with Gasteiger partial charge in [-0.3, -0.25) is 39.4 Å². The van der Waals surface area contributed by atoms with Crippen molar-refractivity contribution in [3.8, 4) is 11.5 Å². The Morgan fingerprint density at radius 3 is 1.85 bits per heavy atom. The molecule has 4 aromatic rings. The summed E-state index contributed by atoms with van der Waals surface area (Å²) in [5.41, 5.74) is 4.63. The first kappa shape index (κ1) is 38.0. The van der Waals surface area contributed by atoms with E-state index in [-0.39, 0.29) is 42.1 Å². The number of aliphatic hydroxyl groups excluding tert-OH is 2. The Labute approximate surface area is 315 Å². The van der Waals surface area contributed by atoms with Gasteiger partial charge in [0.15, 0.2) is 0 Å². The molecule has 4 heterocycles. The number of amides is 4. The Bertz CT molecular complexity index is 1930. The Balaban J connectivity index is 0.923. The Morgan fingerprint density at radius 1 is 0.792 bits per heavy atom. The van der Waals surface area contributed by atoms with Gasteiger partial charge in [-0.15, -0.1) is 0 Å². The number of carbonyl (C=O) groups is 4. The molecule has 0 spiro atoms. The summed E-state index contributed by atoms with van der Waals surface area (Å²) in [5, 5.41) is 22.3. The normalized spacial score (nSPS) is 19.7. The van der Waals surface area contributed by atoms with Gasteiger partial charge in [0.25, 0.3) is 10.5 Å². The molecule has 2 fully saturated rings. The van der Waals surface area contributed by atoms with E-state index in [4.69, 9.17) is 9.47 Å². The third-order valence-corrected chi connectivity index (χ3v) is 11.2. The van der Waals surface area contributed by atoms with Crippen LogP contribution in [0.1, 0.15) is 59.7 Å². The van der Waals surface area contributed by atoms with E-state index in [9.17, 15) is 29.4 Å². The van der Waals surface area contributed by atoms with Crippen LogP contribution >= 0.6 is 23.5 Å². The monoisotopic (exact) mass is 756 g/mol. The Morgan fingerprint density at radius 2 is 1.34 bits per heavy atom. The maximum Gasteiger partial charge on any atom is 0.289 e. The van der Waals surface area contributed by atoms with Crippen molar-refractivity contribution in [2.75, 3.05) is 19.8 Å². The molecular formula is C39H40N4O8S2. The summed E-state index contributed by atoms with van der Waals surface area (Å²) < 4.78 is 10.6. The number of aryl methyl sites for hydroxylation is 1. The Kier molecular flexibility index (Phi) is 12.1. The summed E-state index contributed by atoms with van der Waals surface area (Å²) in [5.74, 6) is 0.578. The summed E-state index contributed by atoms with van der Waals surface area (Å²) in [6.07, 6.45) is 3.59. The topological polar surface area (TPSA) is 168 Å². The molecule has 0 saturated carbocycles. The van der Waals surface area contributed by atoms with Gasteiger partial charge in [0.1, 0.15) is 41.7 Å². The number of carbonyl (C=O) groups excluding carboxylic acids is 4. The summed E-state index contributed by atoms with van der Waals surface area (Å²) in [4.78, 5) is 59.6. The SMILES string of the molecule is CCc1ccc([C@@H](O)COc2ccc(CC3SC(=O)N(CCc4ccc([C@H](O)COc5ccc(CC6(C)SC(=O)NC6=O)cc5)nc4)C3=O)cc2)nc1. The number of aliphatic hydroxyl groups is 2. The van der Waals surface area contributed by atoms with E-state index in [1.54, 1.807) is 61.8 Å². The highest BCUT2D eigenvalue weighted by atomic mass is 32.2. The van der Waals surface area contributed by atoms with Crippen LogP contribution in [-0.2, 0) is 35.3 Å². The quantitative estimate of drug-likeness (QED) is 0.133. The molecule has 2 aliphatic rings. The van der Waals surface area contributed by atoms with Crippen LogP contribution in [0.5, 0.6) is 11.5 Å². The van der Waals surface area contributed by atoms with Gasteiger partial charge in [-0.25, -0.2) is 0 Å². The van der Waals surface area contributed by atoms with Crippen LogP contribution in [-0.4, -0.2) is 77.1 Å². The van der Waals surface area contributed by atoms with Crippen molar-refractivity contribution >= 4 is 45.8 Å². The number of benzene rings is 2. The van der Waals surface area contributed by atoms with Crippen LogP contribution in [0.4, 0.5) is 9.59 Å². The number of nitrogens with one attached hydrogen (secondary N) is 1. The van der Waals surface area contributed by atoms with Crippen molar-refractivity contribution in [3.63, 3.8) is 0 Å². The molecule has 4 amide bonds. The van der Waals surface area contributed by atoms with Crippen LogP contribution in [0.3, 0.4) is 0 Å². The molecule has 2 unspecified atom stereocenters. The summed E-state index contributed by atoms with van der Waals surface area (Å²) in [6.45, 7) is 4.01. The lowest BCUT2D eigenvalue weighted by molar-refractivity contribution is -0.126. The van der Waals surface area contributed by atoms with Gasteiger partial charge in [0.05, 0.1) is 16.6 Å². The van der Waals surface area contributed by atoms with E-state index in [2.05, 4.69) is 15.3 Å². The Hall–Kier alpha value is -4.76. The van der Waals surface area contributed by atoms with Crippen LogP contribution in [0.2, 0.25) is 0 Å². The average molecular weight is 757 g/mol. The van der Waals surface area contributed by atoms with Gasteiger partial charge in [0.2, 0.25) is 11.8 Å². The molecule has 6 rings (SSSR count). The first-order chi connectivity index (χ1) is 25.5. The zero-order chi connectivity index (χ0) is 37.5. The number of hydrogen-bond donors (Lipinski definition) is 3. The standard InChI is InChI=1S/C39H40N4O8S2/c1-3-24-8-14-30(40-20-24)32(44)22-50-28-10-4-25(5-11-28)18-34-35(46)43(38(49)52-34)17-16-27-9-15-31(41-21-27)33(45)23-51-29-12-6-26(7-13-29)19-39(2)36(47)42-37(48)53-39/h4-15,20-21,32-34,44-45H,3,16-19,22-23H2,1-2H3,(H,42,47,48)/t32-,33+,34?,39?/m0/s1. The second-order valence-corrected chi connectivity index (χ2v) is 15.7. The summed E-state index contributed by atoms with van der Waals surface area (Å²) in [6, 6.07) is 21.6. The molecule has 2 aromatic carbocycles. The van der Waals surface area contributed by atoms with Gasteiger partial charge in [-0.05, 0) is 103 Å². The molecule has 3 N–H and O–H groups in total. The number of nitrogens with zero attached hydrogens (tertiary/aromatic N) is 3. The van der Waals surface area contributed by atoms with E-state index in [0.29, 0.717) is 42.1 Å². The van der Waals surface area contributed by atoms with Crippen molar-refractivity contribution < 1.29 is 38.9 Å². The number of imide groups is 2. The van der Waals surface area contributed by atoms with Crippen molar-refractivity contribution in [3.05, 3.63) is 119 Å². The lowest BCUT2D eigenvalue weighted by Gasteiger charge is -2.18. The highest BCUT2D eigenvalue weighted by Gasteiger charge is 2.43. The molecule has 4 atom stereocenters. The van der Waals surface area contributed by atoms with Gasteiger partial charge in [0, 0.05) is 18.9 Å². The molecule has 0 aliphatic carbocycles. The molecule has 14 heteroatoms. The lowest BCUT2D eigenvalue weighted by Crippen LogP contribution is -2.35. The van der Waals surface area contributed by atoms with Crippen molar-refractivity contribution in [1.29, 1.82) is 0 Å². The number of thioether (sulfide) groups is 2. The molecule has 53 heavy (non-hydrogen) atoms. The minimum Gasteiger partial charge on any atom is -0.490 e. The molecule has 2 aromatic heterocycles. The van der Waals surface area contributed by atoms with E-state index in [0.717, 1.165) is 52.2 Å². The lowest BCUT2D eigenvalue weighted by atomic mass is 9.99. The van der Waals surface area contributed by atoms with Gasteiger partial charge < -0.3 is 19.7 Å². The maximum atomic E-state index is 13.2. The predicted molar refractivity (Wildman–Crippen MR) is 201 cm³/mol. The number of ether oxygens (including phenoxy) is 2. The summed E-state index contributed by atoms with van der Waals surface area (Å²) in [7, 11) is 0. The second kappa shape index (κ2) is 16.9. The molecule has 0 bridgehead atoms. The number of pyridine rings is 2. The van der Waals surface area contributed by atoms with E-state index < -0.39 is 22.2 Å². The molecule has 2 aliphatic heterocycles. The highest BCUT2D eigenvalue weighted by molar-refractivity contribution is 8.16. The highest BCUT2D eigenvalue weighted by Crippen LogP contribution is 2.35. The van der Waals surface area contributed by atoms with Crippen LogP contribution < -0.4 is 14.8 Å². The first-order valence-corrected chi connectivity index (χ1v) is 18.9. The maximum absolute atomic E-state index is 13.2.